The fourth-order valence-electron chi connectivity index (χ4n) is 8.02. The molecule has 0 bridgehead atoms. The third kappa shape index (κ3) is 6.27. The molecule has 1 N–H and O–H groups in total. The summed E-state index contributed by atoms with van der Waals surface area (Å²) in [6.45, 7) is 4.63. The molecule has 256 valence electrons. The molecule has 3 aliphatic rings. The van der Waals surface area contributed by atoms with Gasteiger partial charge < -0.3 is 10.1 Å². The molecule has 1 heterocycles. The summed E-state index contributed by atoms with van der Waals surface area (Å²) in [6, 6.07) is 62.3. The van der Waals surface area contributed by atoms with Crippen LogP contribution < -0.4 is 10.1 Å². The Morgan fingerprint density at radius 2 is 1.02 bits per heavy atom. The summed E-state index contributed by atoms with van der Waals surface area (Å²) < 4.78 is 6.06. The molecule has 2 nitrogen and oxygen atoms in total. The lowest BCUT2D eigenvalue weighted by atomic mass is 9.82. The number of fused-ring (bicyclic) bond motifs is 6. The minimum absolute atomic E-state index is 0.0286. The summed E-state index contributed by atoms with van der Waals surface area (Å²) >= 11 is 0. The van der Waals surface area contributed by atoms with Crippen molar-refractivity contribution in [3.8, 4) is 39.1 Å². The molecule has 1 aliphatic heterocycles. The zero-order chi connectivity index (χ0) is 35.8. The van der Waals surface area contributed by atoms with E-state index in [2.05, 4.69) is 195 Å². The van der Waals surface area contributed by atoms with Crippen molar-refractivity contribution in [3.05, 3.63) is 210 Å². The number of benzene rings is 7. The SMILES string of the molecule is C1=C(c2ccc(-c3ccccc3)cc2)C=C2c3ccccc3OC2C1.CC1(C)c2ccccc2-c2ccc(Nc3ccc(-c4ccccc4)cc3)cc21. The van der Waals surface area contributed by atoms with Gasteiger partial charge in [0.25, 0.3) is 0 Å². The predicted molar refractivity (Wildman–Crippen MR) is 222 cm³/mol. The Labute approximate surface area is 312 Å². The normalized spacial score (nSPS) is 15.6. The first-order valence-electron chi connectivity index (χ1n) is 18.5. The van der Waals surface area contributed by atoms with Crippen molar-refractivity contribution >= 4 is 22.5 Å². The van der Waals surface area contributed by atoms with Crippen LogP contribution in [0.25, 0.3) is 44.5 Å². The van der Waals surface area contributed by atoms with Crippen molar-refractivity contribution in [1.29, 1.82) is 0 Å². The fourth-order valence-corrected chi connectivity index (χ4v) is 8.02. The summed E-state index contributed by atoms with van der Waals surface area (Å²) in [6.07, 6.45) is 5.68. The van der Waals surface area contributed by atoms with E-state index in [4.69, 9.17) is 4.74 Å². The second-order valence-electron chi connectivity index (χ2n) is 14.5. The molecule has 0 saturated carbocycles. The summed E-state index contributed by atoms with van der Waals surface area (Å²) in [5.74, 6) is 1.01. The van der Waals surface area contributed by atoms with E-state index in [9.17, 15) is 0 Å². The zero-order valence-electron chi connectivity index (χ0n) is 30.1. The van der Waals surface area contributed by atoms with Gasteiger partial charge in [-0.3, -0.25) is 0 Å². The van der Waals surface area contributed by atoms with Crippen LogP contribution in [-0.2, 0) is 5.41 Å². The van der Waals surface area contributed by atoms with Gasteiger partial charge in [-0.05, 0) is 92.1 Å². The molecule has 53 heavy (non-hydrogen) atoms. The van der Waals surface area contributed by atoms with Crippen LogP contribution in [0, 0.1) is 0 Å². The molecular formula is C51H41NO. The van der Waals surface area contributed by atoms with Crippen LogP contribution in [0.5, 0.6) is 5.75 Å². The van der Waals surface area contributed by atoms with Crippen LogP contribution in [0.2, 0.25) is 0 Å². The minimum Gasteiger partial charge on any atom is -0.485 e. The molecular weight excluding hydrogens is 643 g/mol. The van der Waals surface area contributed by atoms with Gasteiger partial charge in [-0.1, -0.05) is 166 Å². The number of rotatable bonds is 5. The van der Waals surface area contributed by atoms with Gasteiger partial charge in [0.2, 0.25) is 0 Å². The van der Waals surface area contributed by atoms with Crippen LogP contribution in [0.4, 0.5) is 11.4 Å². The average Bonchev–Trinajstić information content (AvgIpc) is 3.70. The van der Waals surface area contributed by atoms with Crippen molar-refractivity contribution in [3.63, 3.8) is 0 Å². The number of para-hydroxylation sites is 1. The minimum atomic E-state index is 0.0286. The van der Waals surface area contributed by atoms with Crippen molar-refractivity contribution in [1.82, 2.24) is 0 Å². The lowest BCUT2D eigenvalue weighted by Crippen LogP contribution is -2.15. The van der Waals surface area contributed by atoms with Crippen LogP contribution in [0.1, 0.15) is 42.5 Å². The van der Waals surface area contributed by atoms with Gasteiger partial charge in [0.15, 0.2) is 0 Å². The summed E-state index contributed by atoms with van der Waals surface area (Å²) in [7, 11) is 0. The van der Waals surface area contributed by atoms with Crippen LogP contribution >= 0.6 is 0 Å². The maximum atomic E-state index is 6.06. The Bertz CT molecular complexity index is 2470. The molecule has 0 aromatic heterocycles. The topological polar surface area (TPSA) is 21.3 Å². The largest absolute Gasteiger partial charge is 0.485 e. The lowest BCUT2D eigenvalue weighted by molar-refractivity contribution is 0.279. The molecule has 0 saturated heterocycles. The van der Waals surface area contributed by atoms with E-state index in [1.54, 1.807) is 0 Å². The van der Waals surface area contributed by atoms with Crippen LogP contribution in [0.15, 0.2) is 188 Å². The van der Waals surface area contributed by atoms with Gasteiger partial charge in [0.05, 0.1) is 0 Å². The lowest BCUT2D eigenvalue weighted by Gasteiger charge is -2.22. The second-order valence-corrected chi connectivity index (χ2v) is 14.5. The Balaban J connectivity index is 0.000000141. The highest BCUT2D eigenvalue weighted by atomic mass is 16.5. The molecule has 2 heteroatoms. The van der Waals surface area contributed by atoms with Crippen molar-refractivity contribution < 1.29 is 4.74 Å². The van der Waals surface area contributed by atoms with Crippen LogP contribution in [0.3, 0.4) is 0 Å². The van der Waals surface area contributed by atoms with Crippen molar-refractivity contribution in [2.24, 2.45) is 0 Å². The first kappa shape index (κ1) is 32.5. The molecule has 1 atom stereocenters. The van der Waals surface area contributed by atoms with E-state index in [0.717, 1.165) is 23.5 Å². The number of allylic oxidation sites excluding steroid dienone is 2. The Morgan fingerprint density at radius 1 is 0.491 bits per heavy atom. The van der Waals surface area contributed by atoms with Gasteiger partial charge in [-0.25, -0.2) is 0 Å². The standard InChI is InChI=1S/C27H23N.C24H18O/c1-27(2)25-11-7-6-10-23(25)24-17-16-22(18-26(24)27)28-21-14-12-20(13-15-21)19-8-4-3-5-9-19;1-2-6-17(7-3-1)18-10-12-19(13-11-18)20-14-15-24-22(16-20)21-8-4-5-9-23(21)25-24/h3-18,28H,1-2H3;1-14,16,24H,15H2. The Hall–Kier alpha value is -6.38. The highest BCUT2D eigenvalue weighted by Gasteiger charge is 2.35. The molecule has 0 amide bonds. The maximum absolute atomic E-state index is 6.06. The average molecular weight is 684 g/mol. The third-order valence-corrected chi connectivity index (χ3v) is 10.9. The zero-order valence-corrected chi connectivity index (χ0v) is 30.1. The highest BCUT2D eigenvalue weighted by Crippen LogP contribution is 2.49. The Morgan fingerprint density at radius 3 is 1.72 bits per heavy atom. The maximum Gasteiger partial charge on any atom is 0.128 e. The summed E-state index contributed by atoms with van der Waals surface area (Å²) in [5, 5.41) is 3.58. The van der Waals surface area contributed by atoms with Gasteiger partial charge >= 0.3 is 0 Å². The quantitative estimate of drug-likeness (QED) is 0.195. The molecule has 0 fully saturated rings. The van der Waals surface area contributed by atoms with Crippen molar-refractivity contribution in [2.75, 3.05) is 5.32 Å². The molecule has 1 unspecified atom stereocenters. The van der Waals surface area contributed by atoms with Gasteiger partial charge in [-0.15, -0.1) is 0 Å². The van der Waals surface area contributed by atoms with E-state index >= 15 is 0 Å². The van der Waals surface area contributed by atoms with Crippen LogP contribution in [-0.4, -0.2) is 6.10 Å². The number of anilines is 2. The summed E-state index contributed by atoms with van der Waals surface area (Å²) in [5.41, 5.74) is 17.8. The Kier molecular flexibility index (Phi) is 8.37. The smallest absolute Gasteiger partial charge is 0.128 e. The fraction of sp³-hybridized carbons (Fsp3) is 0.0980. The second kappa shape index (κ2) is 13.6. The van der Waals surface area contributed by atoms with E-state index in [1.807, 2.05) is 12.1 Å². The number of nitrogens with one attached hydrogen (secondary N) is 1. The summed E-state index contributed by atoms with van der Waals surface area (Å²) in [4.78, 5) is 0. The molecule has 0 spiro atoms. The number of hydrogen-bond acceptors (Lipinski definition) is 2. The monoisotopic (exact) mass is 683 g/mol. The van der Waals surface area contributed by atoms with E-state index in [0.29, 0.717) is 0 Å². The first-order valence-corrected chi connectivity index (χ1v) is 18.5. The molecule has 7 aromatic carbocycles. The molecule has 2 aliphatic carbocycles. The van der Waals surface area contributed by atoms with E-state index in [-0.39, 0.29) is 11.5 Å². The molecule has 7 aromatic rings. The molecule has 10 rings (SSSR count). The first-order chi connectivity index (χ1) is 26.0. The third-order valence-electron chi connectivity index (χ3n) is 10.9. The predicted octanol–water partition coefficient (Wildman–Crippen LogP) is 13.4. The number of ether oxygens (including phenoxy) is 1. The van der Waals surface area contributed by atoms with Gasteiger partial charge in [-0.2, -0.15) is 0 Å². The van der Waals surface area contributed by atoms with Gasteiger partial charge in [0.1, 0.15) is 11.9 Å². The molecule has 0 radical (unpaired) electrons. The number of hydrogen-bond donors (Lipinski definition) is 1. The highest BCUT2D eigenvalue weighted by molar-refractivity contribution is 5.91. The van der Waals surface area contributed by atoms with E-state index < -0.39 is 0 Å². The van der Waals surface area contributed by atoms with Crippen molar-refractivity contribution in [2.45, 2.75) is 31.8 Å². The van der Waals surface area contributed by atoms with E-state index in [1.165, 1.54) is 66.8 Å². The van der Waals surface area contributed by atoms with Gasteiger partial charge in [0, 0.05) is 34.3 Å².